The second kappa shape index (κ2) is 5.67. The number of hydrogen-bond donors (Lipinski definition) is 2. The van der Waals surface area contributed by atoms with Gasteiger partial charge in [-0.2, -0.15) is 0 Å². The second-order valence-corrected chi connectivity index (χ2v) is 5.25. The molecule has 0 aliphatic rings. The summed E-state index contributed by atoms with van der Waals surface area (Å²) < 4.78 is 0. The van der Waals surface area contributed by atoms with E-state index in [0.717, 1.165) is 12.1 Å². The fourth-order valence-electron chi connectivity index (χ4n) is 1.53. The van der Waals surface area contributed by atoms with Crippen LogP contribution in [0.1, 0.15) is 26.3 Å². The van der Waals surface area contributed by atoms with E-state index < -0.39 is 5.60 Å². The molecule has 1 aromatic carbocycles. The third-order valence-corrected chi connectivity index (χ3v) is 2.70. The summed E-state index contributed by atoms with van der Waals surface area (Å²) >= 11 is 5.90. The molecule has 2 N–H and O–H groups in total. The summed E-state index contributed by atoms with van der Waals surface area (Å²) in [5.74, 6) is 0.579. The van der Waals surface area contributed by atoms with E-state index in [0.29, 0.717) is 17.5 Å². The Kier molecular flexibility index (Phi) is 4.78. The lowest BCUT2D eigenvalue weighted by Crippen LogP contribution is -2.36. The lowest BCUT2D eigenvalue weighted by Gasteiger charge is -2.25. The number of hydrogen-bond acceptors (Lipinski definition) is 2. The van der Waals surface area contributed by atoms with Crippen LogP contribution in [0.3, 0.4) is 0 Å². The Balaban J connectivity index is 2.62. The van der Waals surface area contributed by atoms with E-state index in [1.165, 1.54) is 0 Å². The first-order valence-electron chi connectivity index (χ1n) is 5.61. The maximum absolute atomic E-state index is 10.3. The molecule has 0 saturated carbocycles. The lowest BCUT2D eigenvalue weighted by molar-refractivity contribution is 0.0564. The molecule has 0 fully saturated rings. The molecular weight excluding hydrogens is 222 g/mol. The van der Waals surface area contributed by atoms with E-state index in [-0.39, 0.29) is 0 Å². The second-order valence-electron chi connectivity index (χ2n) is 4.81. The topological polar surface area (TPSA) is 32.3 Å². The van der Waals surface area contributed by atoms with Crippen LogP contribution in [-0.4, -0.2) is 18.2 Å². The summed E-state index contributed by atoms with van der Waals surface area (Å²) in [4.78, 5) is 0. The molecule has 0 bridgehead atoms. The van der Waals surface area contributed by atoms with Gasteiger partial charge in [-0.25, -0.2) is 0 Å². The van der Waals surface area contributed by atoms with Gasteiger partial charge >= 0.3 is 0 Å². The van der Waals surface area contributed by atoms with Crippen LogP contribution in [0.5, 0.6) is 0 Å². The molecular formula is C13H20ClNO. The molecule has 16 heavy (non-hydrogen) atoms. The van der Waals surface area contributed by atoms with Crippen molar-refractivity contribution in [3.8, 4) is 0 Å². The minimum Gasteiger partial charge on any atom is -0.384 e. The van der Waals surface area contributed by atoms with Gasteiger partial charge in [0.05, 0.1) is 5.60 Å². The minimum atomic E-state index is -0.875. The van der Waals surface area contributed by atoms with Crippen molar-refractivity contribution in [2.75, 3.05) is 13.1 Å². The van der Waals surface area contributed by atoms with Crippen molar-refractivity contribution in [2.24, 2.45) is 5.92 Å². The zero-order valence-electron chi connectivity index (χ0n) is 10.1. The van der Waals surface area contributed by atoms with E-state index in [1.54, 1.807) is 13.0 Å². The van der Waals surface area contributed by atoms with Gasteiger partial charge in [-0.1, -0.05) is 37.6 Å². The van der Waals surface area contributed by atoms with Crippen molar-refractivity contribution >= 4 is 11.6 Å². The monoisotopic (exact) mass is 241 g/mol. The Morgan fingerprint density at radius 3 is 2.69 bits per heavy atom. The number of benzene rings is 1. The number of halogens is 1. The molecule has 90 valence electrons. The molecule has 0 radical (unpaired) electrons. The van der Waals surface area contributed by atoms with Crippen molar-refractivity contribution in [1.29, 1.82) is 0 Å². The first-order chi connectivity index (χ1) is 7.42. The molecule has 0 saturated heterocycles. The molecule has 0 spiro atoms. The highest BCUT2D eigenvalue weighted by Crippen LogP contribution is 2.22. The Bertz CT molecular complexity index is 336. The van der Waals surface area contributed by atoms with Gasteiger partial charge in [0.2, 0.25) is 0 Å². The summed E-state index contributed by atoms with van der Waals surface area (Å²) in [5, 5.41) is 14.2. The third kappa shape index (κ3) is 4.12. The van der Waals surface area contributed by atoms with Gasteiger partial charge in [0, 0.05) is 11.6 Å². The third-order valence-electron chi connectivity index (χ3n) is 2.47. The van der Waals surface area contributed by atoms with Crippen molar-refractivity contribution in [1.82, 2.24) is 5.32 Å². The molecule has 0 heterocycles. The molecule has 1 rings (SSSR count). The summed E-state index contributed by atoms with van der Waals surface area (Å²) in [6.07, 6.45) is 0. The fourth-order valence-corrected chi connectivity index (χ4v) is 1.72. The van der Waals surface area contributed by atoms with Gasteiger partial charge in [-0.05, 0) is 37.1 Å². The highest BCUT2D eigenvalue weighted by atomic mass is 35.5. The Hall–Kier alpha value is -0.570. The van der Waals surface area contributed by atoms with E-state index in [9.17, 15) is 5.11 Å². The number of nitrogens with one attached hydrogen (secondary N) is 1. The van der Waals surface area contributed by atoms with Gasteiger partial charge in [0.15, 0.2) is 0 Å². The molecule has 0 amide bonds. The lowest BCUT2D eigenvalue weighted by atomic mass is 9.96. The van der Waals surface area contributed by atoms with Crippen LogP contribution < -0.4 is 5.32 Å². The van der Waals surface area contributed by atoms with Crippen LogP contribution in [0.4, 0.5) is 0 Å². The SMILES string of the molecule is CC(C)CNCC(C)(O)c1cccc(Cl)c1. The zero-order chi connectivity index (χ0) is 12.2. The summed E-state index contributed by atoms with van der Waals surface area (Å²) in [5.41, 5.74) is -0.0315. The molecule has 1 unspecified atom stereocenters. The van der Waals surface area contributed by atoms with E-state index in [1.807, 2.05) is 18.2 Å². The maximum atomic E-state index is 10.3. The molecule has 1 atom stereocenters. The Morgan fingerprint density at radius 2 is 2.12 bits per heavy atom. The average Bonchev–Trinajstić information content (AvgIpc) is 2.16. The minimum absolute atomic E-state index is 0.533. The first kappa shape index (κ1) is 13.5. The molecule has 0 aromatic heterocycles. The van der Waals surface area contributed by atoms with E-state index >= 15 is 0 Å². The van der Waals surface area contributed by atoms with Crippen molar-refractivity contribution in [3.63, 3.8) is 0 Å². The smallest absolute Gasteiger partial charge is 0.0992 e. The van der Waals surface area contributed by atoms with Crippen molar-refractivity contribution in [3.05, 3.63) is 34.9 Å². The van der Waals surface area contributed by atoms with E-state index in [4.69, 9.17) is 11.6 Å². The summed E-state index contributed by atoms with van der Waals surface area (Å²) in [7, 11) is 0. The number of aliphatic hydroxyl groups is 1. The Morgan fingerprint density at radius 1 is 1.44 bits per heavy atom. The van der Waals surface area contributed by atoms with E-state index in [2.05, 4.69) is 19.2 Å². The normalized spacial score (nSPS) is 15.1. The summed E-state index contributed by atoms with van der Waals surface area (Å²) in [6.45, 7) is 7.51. The maximum Gasteiger partial charge on any atom is 0.0992 e. The quantitative estimate of drug-likeness (QED) is 0.831. The highest BCUT2D eigenvalue weighted by molar-refractivity contribution is 6.30. The Labute approximate surface area is 103 Å². The van der Waals surface area contributed by atoms with Gasteiger partial charge in [0.1, 0.15) is 0 Å². The molecule has 1 aromatic rings. The van der Waals surface area contributed by atoms with Crippen LogP contribution in [0, 0.1) is 5.92 Å². The predicted molar refractivity (Wildman–Crippen MR) is 68.7 cm³/mol. The van der Waals surface area contributed by atoms with Crippen LogP contribution in [-0.2, 0) is 5.60 Å². The van der Waals surface area contributed by atoms with Crippen molar-refractivity contribution in [2.45, 2.75) is 26.4 Å². The first-order valence-corrected chi connectivity index (χ1v) is 5.99. The average molecular weight is 242 g/mol. The molecule has 3 heteroatoms. The fraction of sp³-hybridized carbons (Fsp3) is 0.538. The standard InChI is InChI=1S/C13H20ClNO/c1-10(2)8-15-9-13(3,16)11-5-4-6-12(14)7-11/h4-7,10,15-16H,8-9H2,1-3H3. The highest BCUT2D eigenvalue weighted by Gasteiger charge is 2.22. The predicted octanol–water partition coefficient (Wildman–Crippen LogP) is 2.79. The van der Waals surface area contributed by atoms with Gasteiger partial charge in [-0.3, -0.25) is 0 Å². The molecule has 2 nitrogen and oxygen atoms in total. The van der Waals surface area contributed by atoms with Crippen molar-refractivity contribution < 1.29 is 5.11 Å². The van der Waals surface area contributed by atoms with Gasteiger partial charge in [0.25, 0.3) is 0 Å². The van der Waals surface area contributed by atoms with Crippen LogP contribution in [0.2, 0.25) is 5.02 Å². The molecule has 0 aliphatic heterocycles. The van der Waals surface area contributed by atoms with Gasteiger partial charge < -0.3 is 10.4 Å². The molecule has 0 aliphatic carbocycles. The van der Waals surface area contributed by atoms with Crippen LogP contribution in [0.25, 0.3) is 0 Å². The van der Waals surface area contributed by atoms with Gasteiger partial charge in [-0.15, -0.1) is 0 Å². The summed E-state index contributed by atoms with van der Waals surface area (Å²) in [6, 6.07) is 7.36. The number of rotatable bonds is 5. The van der Waals surface area contributed by atoms with Crippen LogP contribution in [0.15, 0.2) is 24.3 Å². The zero-order valence-corrected chi connectivity index (χ0v) is 10.9. The largest absolute Gasteiger partial charge is 0.384 e. The van der Waals surface area contributed by atoms with Crippen LogP contribution >= 0.6 is 11.6 Å².